The van der Waals surface area contributed by atoms with Crippen molar-refractivity contribution in [2.45, 2.75) is 6.92 Å². The lowest BCUT2D eigenvalue weighted by molar-refractivity contribution is 0.0998. The molecule has 2 N–H and O–H groups in total. The van der Waals surface area contributed by atoms with Gasteiger partial charge in [-0.05, 0) is 49.4 Å². The Hall–Kier alpha value is -4.33. The zero-order valence-corrected chi connectivity index (χ0v) is 16.9. The number of carbonyl (C=O) groups excluding carboxylic acids is 2. The number of ether oxygens (including phenoxy) is 2. The molecule has 2 heterocycles. The molecule has 32 heavy (non-hydrogen) atoms. The fourth-order valence-corrected chi connectivity index (χ4v) is 3.55. The summed E-state index contributed by atoms with van der Waals surface area (Å²) >= 11 is 0. The minimum Gasteiger partial charge on any atom is -0.454 e. The summed E-state index contributed by atoms with van der Waals surface area (Å²) in [7, 11) is 0. The van der Waals surface area contributed by atoms with Crippen LogP contribution in [0.15, 0.2) is 65.1 Å². The van der Waals surface area contributed by atoms with Crippen LogP contribution in [0.4, 0.5) is 15.8 Å². The first kappa shape index (κ1) is 19.6. The van der Waals surface area contributed by atoms with E-state index in [1.54, 1.807) is 49.4 Å². The zero-order chi connectivity index (χ0) is 22.2. The van der Waals surface area contributed by atoms with E-state index in [9.17, 15) is 14.0 Å². The smallest absolute Gasteiger partial charge is 0.291 e. The molecule has 5 rings (SSSR count). The second kappa shape index (κ2) is 7.73. The molecule has 0 radical (unpaired) electrons. The Bertz CT molecular complexity index is 1380. The Kier molecular flexibility index (Phi) is 4.74. The Morgan fingerprint density at radius 2 is 1.72 bits per heavy atom. The highest BCUT2D eigenvalue weighted by molar-refractivity contribution is 6.13. The maximum absolute atomic E-state index is 13.6. The number of halogens is 1. The molecular formula is C24H17FN2O5. The van der Waals surface area contributed by atoms with E-state index in [0.717, 1.165) is 0 Å². The molecule has 160 valence electrons. The zero-order valence-electron chi connectivity index (χ0n) is 16.9. The number of hydrogen-bond acceptors (Lipinski definition) is 5. The molecule has 0 aliphatic carbocycles. The van der Waals surface area contributed by atoms with Crippen molar-refractivity contribution in [3.8, 4) is 11.5 Å². The first-order valence-corrected chi connectivity index (χ1v) is 9.79. The predicted octanol–water partition coefficient (Wildman–Crippen LogP) is 5.11. The fourth-order valence-electron chi connectivity index (χ4n) is 3.55. The Labute approximate surface area is 181 Å². The lowest BCUT2D eigenvalue weighted by Gasteiger charge is -2.11. The molecule has 4 aromatic rings. The van der Waals surface area contributed by atoms with Crippen molar-refractivity contribution in [3.63, 3.8) is 0 Å². The van der Waals surface area contributed by atoms with Crippen LogP contribution in [-0.2, 0) is 0 Å². The lowest BCUT2D eigenvalue weighted by atomic mass is 10.1. The summed E-state index contributed by atoms with van der Waals surface area (Å²) in [5.41, 5.74) is 2.01. The van der Waals surface area contributed by atoms with Crippen LogP contribution in [0.1, 0.15) is 26.5 Å². The Balaban J connectivity index is 1.39. The highest BCUT2D eigenvalue weighted by Crippen LogP contribution is 2.34. The number of amides is 2. The van der Waals surface area contributed by atoms with Gasteiger partial charge in [0.1, 0.15) is 11.4 Å². The second-order valence-corrected chi connectivity index (χ2v) is 7.22. The van der Waals surface area contributed by atoms with Crippen molar-refractivity contribution in [3.05, 3.63) is 83.4 Å². The summed E-state index contributed by atoms with van der Waals surface area (Å²) in [5, 5.41) is 6.03. The van der Waals surface area contributed by atoms with Crippen molar-refractivity contribution in [1.82, 2.24) is 0 Å². The van der Waals surface area contributed by atoms with Gasteiger partial charge in [-0.3, -0.25) is 9.59 Å². The Morgan fingerprint density at radius 1 is 0.906 bits per heavy atom. The van der Waals surface area contributed by atoms with Gasteiger partial charge < -0.3 is 24.5 Å². The highest BCUT2D eigenvalue weighted by Gasteiger charge is 2.21. The average Bonchev–Trinajstić information content (AvgIpc) is 3.38. The third-order valence-electron chi connectivity index (χ3n) is 5.15. The van der Waals surface area contributed by atoms with Crippen LogP contribution >= 0.6 is 0 Å². The monoisotopic (exact) mass is 432 g/mol. The largest absolute Gasteiger partial charge is 0.454 e. The van der Waals surface area contributed by atoms with Crippen molar-refractivity contribution < 1.29 is 27.9 Å². The van der Waals surface area contributed by atoms with Gasteiger partial charge in [-0.2, -0.15) is 0 Å². The molecule has 7 nitrogen and oxygen atoms in total. The minimum atomic E-state index is -0.539. The van der Waals surface area contributed by atoms with Crippen molar-refractivity contribution >= 4 is 34.2 Å². The van der Waals surface area contributed by atoms with Crippen LogP contribution in [0.5, 0.6) is 11.5 Å². The van der Waals surface area contributed by atoms with E-state index in [4.69, 9.17) is 13.9 Å². The predicted molar refractivity (Wildman–Crippen MR) is 116 cm³/mol. The highest BCUT2D eigenvalue weighted by atomic mass is 19.1. The number of hydrogen-bond donors (Lipinski definition) is 2. The number of carbonyl (C=O) groups is 2. The van der Waals surface area contributed by atoms with Crippen molar-refractivity contribution in [2.75, 3.05) is 17.4 Å². The average molecular weight is 432 g/mol. The number of benzene rings is 3. The molecule has 2 amide bonds. The van der Waals surface area contributed by atoms with Crippen LogP contribution in [-0.4, -0.2) is 18.6 Å². The van der Waals surface area contributed by atoms with Gasteiger partial charge in [-0.1, -0.05) is 12.1 Å². The van der Waals surface area contributed by atoms with E-state index in [1.165, 1.54) is 18.2 Å². The molecule has 1 aliphatic heterocycles. The lowest BCUT2D eigenvalue weighted by Crippen LogP contribution is -2.18. The maximum atomic E-state index is 13.6. The van der Waals surface area contributed by atoms with Gasteiger partial charge in [-0.15, -0.1) is 0 Å². The number of rotatable bonds is 4. The molecule has 0 unspecified atom stereocenters. The molecule has 0 fully saturated rings. The normalized spacial score (nSPS) is 12.1. The fraction of sp³-hybridized carbons (Fsp3) is 0.0833. The first-order chi connectivity index (χ1) is 15.5. The molecule has 1 aliphatic rings. The number of aryl methyl sites for hydroxylation is 1. The van der Waals surface area contributed by atoms with Gasteiger partial charge in [0, 0.05) is 22.7 Å². The van der Waals surface area contributed by atoms with E-state index in [0.29, 0.717) is 39.4 Å². The topological polar surface area (TPSA) is 89.8 Å². The van der Waals surface area contributed by atoms with E-state index < -0.39 is 17.6 Å². The summed E-state index contributed by atoms with van der Waals surface area (Å²) < 4.78 is 29.8. The third-order valence-corrected chi connectivity index (χ3v) is 5.15. The van der Waals surface area contributed by atoms with Gasteiger partial charge in [0.2, 0.25) is 6.79 Å². The molecule has 3 aromatic carbocycles. The van der Waals surface area contributed by atoms with Crippen LogP contribution in [0.2, 0.25) is 0 Å². The molecule has 8 heteroatoms. The second-order valence-electron chi connectivity index (χ2n) is 7.22. The van der Waals surface area contributed by atoms with Gasteiger partial charge in [0.05, 0.1) is 11.3 Å². The minimum absolute atomic E-state index is 0.0524. The third kappa shape index (κ3) is 3.51. The van der Waals surface area contributed by atoms with Gasteiger partial charge >= 0.3 is 0 Å². The van der Waals surface area contributed by atoms with Gasteiger partial charge in [0.15, 0.2) is 17.3 Å². The van der Waals surface area contributed by atoms with Crippen LogP contribution in [0.3, 0.4) is 0 Å². The van der Waals surface area contributed by atoms with Gasteiger partial charge in [0.25, 0.3) is 11.8 Å². The van der Waals surface area contributed by atoms with E-state index in [1.807, 2.05) is 0 Å². The van der Waals surface area contributed by atoms with Crippen molar-refractivity contribution in [1.29, 1.82) is 0 Å². The summed E-state index contributed by atoms with van der Waals surface area (Å²) in [5.74, 6) is -0.168. The van der Waals surface area contributed by atoms with Crippen LogP contribution in [0.25, 0.3) is 11.0 Å². The summed E-state index contributed by atoms with van der Waals surface area (Å²) in [4.78, 5) is 25.8. The molecule has 1 aromatic heterocycles. The van der Waals surface area contributed by atoms with Crippen molar-refractivity contribution in [2.24, 2.45) is 0 Å². The number of furan rings is 1. The van der Waals surface area contributed by atoms with E-state index in [-0.39, 0.29) is 18.1 Å². The van der Waals surface area contributed by atoms with Crippen LogP contribution < -0.4 is 20.1 Å². The summed E-state index contributed by atoms with van der Waals surface area (Å²) in [6.45, 7) is 1.81. The van der Waals surface area contributed by atoms with Crippen LogP contribution in [0, 0.1) is 12.7 Å². The maximum Gasteiger partial charge on any atom is 0.291 e. The van der Waals surface area contributed by atoms with E-state index in [2.05, 4.69) is 10.6 Å². The molecular weight excluding hydrogens is 415 g/mol. The van der Waals surface area contributed by atoms with E-state index >= 15 is 0 Å². The SMILES string of the molecule is Cc1c(C(=O)Nc2ccccc2C(=O)Nc2ccc3c(c2)OCO3)oc2ccc(F)cc12. The Morgan fingerprint density at radius 3 is 2.59 bits per heavy atom. The molecule has 0 spiro atoms. The quantitative estimate of drug-likeness (QED) is 0.468. The summed E-state index contributed by atoms with van der Waals surface area (Å²) in [6, 6.07) is 15.7. The number of fused-ring (bicyclic) bond motifs is 2. The molecule has 0 atom stereocenters. The molecule has 0 saturated heterocycles. The van der Waals surface area contributed by atoms with Gasteiger partial charge in [-0.25, -0.2) is 4.39 Å². The number of anilines is 2. The molecule has 0 saturated carbocycles. The standard InChI is InChI=1S/C24H17FN2O5/c1-13-17-10-14(25)6-8-19(17)32-22(13)24(29)27-18-5-3-2-4-16(18)23(28)26-15-7-9-20-21(11-15)31-12-30-20/h2-11H,12H2,1H3,(H,26,28)(H,27,29). The summed E-state index contributed by atoms with van der Waals surface area (Å²) in [6.07, 6.45) is 0. The first-order valence-electron chi connectivity index (χ1n) is 9.79. The number of nitrogens with one attached hydrogen (secondary N) is 2. The molecule has 0 bridgehead atoms. The number of para-hydroxylation sites is 1.